The van der Waals surface area contributed by atoms with Crippen LogP contribution in [0.25, 0.3) is 0 Å². The van der Waals surface area contributed by atoms with Gasteiger partial charge in [0.1, 0.15) is 0 Å². The molecule has 0 saturated heterocycles. The first-order chi connectivity index (χ1) is 1.73. The summed E-state index contributed by atoms with van der Waals surface area (Å²) in [6.45, 7) is 0. The molecule has 0 aliphatic carbocycles. The largest absolute Gasteiger partial charge is 1.00 e. The summed E-state index contributed by atoms with van der Waals surface area (Å²) < 4.78 is 8.74. The molecule has 0 spiro atoms. The van der Waals surface area contributed by atoms with Crippen LogP contribution in [0.2, 0.25) is 0 Å². The first-order valence-electron chi connectivity index (χ1n) is 0.651. The van der Waals surface area contributed by atoms with Crippen LogP contribution in [0.3, 0.4) is 0 Å². The van der Waals surface area contributed by atoms with Crippen molar-refractivity contribution in [2.45, 2.75) is 0 Å². The highest BCUT2D eigenvalue weighted by Crippen LogP contribution is 1.98. The third-order valence-corrected chi connectivity index (χ3v) is 0. The van der Waals surface area contributed by atoms with Gasteiger partial charge in [0.2, 0.25) is 0 Å². The predicted molar refractivity (Wildman–Crippen MR) is 25.7 cm³/mol. The Labute approximate surface area is 35.1 Å². The average Bonchev–Trinajstić information content (AvgIpc) is 0.811. The van der Waals surface area contributed by atoms with Gasteiger partial charge in [0.15, 0.2) is 0 Å². The molecule has 0 fully saturated rings. The predicted octanol–water partition coefficient (Wildman–Crippen LogP) is -0.469. The van der Waals surface area contributed by atoms with Crippen LogP contribution >= 0.6 is 18.2 Å². The van der Waals surface area contributed by atoms with Crippen LogP contribution in [0, 0.1) is 0 Å². The summed E-state index contributed by atoms with van der Waals surface area (Å²) in [5, 5.41) is 0. The van der Waals surface area contributed by atoms with Gasteiger partial charge in [0.05, 0.1) is 0 Å². The van der Waals surface area contributed by atoms with Gasteiger partial charge in [-0.05, 0) is 0 Å². The maximum Gasteiger partial charge on any atom is 1.00 e. The standard InChI is InChI=1S/H3O3P.H3P/c1-4(2)3;/h4H,(H2,1,2,3);1H3/p+1. The first kappa shape index (κ1) is 9.13. The van der Waals surface area contributed by atoms with Gasteiger partial charge in [0.25, 0.3) is 0 Å². The lowest BCUT2D eigenvalue weighted by Gasteiger charge is -1.61. The van der Waals surface area contributed by atoms with Crippen LogP contribution in [0.1, 0.15) is 1.43 Å². The van der Waals surface area contributed by atoms with Crippen molar-refractivity contribution in [3.8, 4) is 0 Å². The van der Waals surface area contributed by atoms with E-state index in [2.05, 4.69) is 0 Å². The van der Waals surface area contributed by atoms with E-state index in [0.717, 1.165) is 0 Å². The Bertz CT molecular complexity index is 31.8. The van der Waals surface area contributed by atoms with Crippen molar-refractivity contribution in [1.29, 1.82) is 0 Å². The fourth-order valence-electron chi connectivity index (χ4n) is 0. The summed E-state index contributed by atoms with van der Waals surface area (Å²) in [5.41, 5.74) is 0. The molecule has 0 rings (SSSR count). The molecule has 0 amide bonds. The van der Waals surface area contributed by atoms with Gasteiger partial charge in [-0.15, -0.1) is 0 Å². The van der Waals surface area contributed by atoms with Crippen molar-refractivity contribution in [3.05, 3.63) is 0 Å². The normalized spacial score (nSPS) is 7.00. The van der Waals surface area contributed by atoms with Crippen LogP contribution in [0.4, 0.5) is 0 Å². The SMILES string of the molecule is O=[PH](O)O.P.[H+]. The van der Waals surface area contributed by atoms with Gasteiger partial charge in [0, 0.05) is 0 Å². The summed E-state index contributed by atoms with van der Waals surface area (Å²) >= 11 is 0. The smallest absolute Gasteiger partial charge is 0.326 e. The number of hydrogen-bond donors (Lipinski definition) is 2. The minimum absolute atomic E-state index is 0. The fourth-order valence-corrected chi connectivity index (χ4v) is 0. The Kier molecular flexibility index (Phi) is 8.37. The molecule has 0 aromatic heterocycles. The molecular formula is H7O3P2+. The van der Waals surface area contributed by atoms with Gasteiger partial charge >= 0.3 is 9.68 Å². The molecular weight excluding hydrogens is 110 g/mol. The van der Waals surface area contributed by atoms with Crippen LogP contribution in [0.15, 0.2) is 0 Å². The van der Waals surface area contributed by atoms with E-state index in [1.54, 1.807) is 0 Å². The lowest BCUT2D eigenvalue weighted by Crippen LogP contribution is -1.38. The fraction of sp³-hybridized carbons (Fsp3) is 0. The van der Waals surface area contributed by atoms with Crippen LogP contribution < -0.4 is 0 Å². The zero-order valence-corrected chi connectivity index (χ0v) is 4.92. The van der Waals surface area contributed by atoms with Crippen molar-refractivity contribution in [1.82, 2.24) is 0 Å². The van der Waals surface area contributed by atoms with E-state index in [1.807, 2.05) is 0 Å². The second-order valence-electron chi connectivity index (χ2n) is 0.283. The molecule has 5 heteroatoms. The van der Waals surface area contributed by atoms with Gasteiger partial charge < -0.3 is 9.79 Å². The molecule has 0 bridgehead atoms. The minimum Gasteiger partial charge on any atom is -0.326 e. The summed E-state index contributed by atoms with van der Waals surface area (Å²) in [4.78, 5) is 14.3. The van der Waals surface area contributed by atoms with Gasteiger partial charge in [-0.3, -0.25) is 4.57 Å². The van der Waals surface area contributed by atoms with E-state index >= 15 is 0 Å². The van der Waals surface area contributed by atoms with Crippen molar-refractivity contribution >= 4 is 18.2 Å². The van der Waals surface area contributed by atoms with E-state index in [9.17, 15) is 0 Å². The zero-order valence-electron chi connectivity index (χ0n) is 3.51. The monoisotopic (exact) mass is 117 g/mol. The van der Waals surface area contributed by atoms with E-state index in [0.29, 0.717) is 0 Å². The number of hydrogen-bond acceptors (Lipinski definition) is 1. The molecule has 0 radical (unpaired) electrons. The van der Waals surface area contributed by atoms with E-state index < -0.39 is 8.25 Å². The zero-order chi connectivity index (χ0) is 3.58. The minimum atomic E-state index is -3.13. The highest BCUT2D eigenvalue weighted by atomic mass is 31.1. The molecule has 2 N–H and O–H groups in total. The van der Waals surface area contributed by atoms with Crippen molar-refractivity contribution in [2.75, 3.05) is 0 Å². The molecule has 1 atom stereocenters. The van der Waals surface area contributed by atoms with Crippen molar-refractivity contribution < 1.29 is 15.8 Å². The van der Waals surface area contributed by atoms with Crippen LogP contribution in [0.5, 0.6) is 0 Å². The van der Waals surface area contributed by atoms with Crippen LogP contribution in [-0.4, -0.2) is 9.79 Å². The third-order valence-electron chi connectivity index (χ3n) is 0. The topological polar surface area (TPSA) is 57.5 Å². The third kappa shape index (κ3) is 90.6. The first-order valence-corrected chi connectivity index (χ1v) is 1.95. The highest BCUT2D eigenvalue weighted by Gasteiger charge is 1.61. The molecule has 3 nitrogen and oxygen atoms in total. The summed E-state index contributed by atoms with van der Waals surface area (Å²) in [6, 6.07) is 0. The quantitative estimate of drug-likeness (QED) is 0.421. The van der Waals surface area contributed by atoms with E-state index in [1.165, 1.54) is 0 Å². The lowest BCUT2D eigenvalue weighted by molar-refractivity contribution is 0.405. The average molecular weight is 117 g/mol. The van der Waals surface area contributed by atoms with E-state index in [-0.39, 0.29) is 11.3 Å². The summed E-state index contributed by atoms with van der Waals surface area (Å²) in [5.74, 6) is 0. The van der Waals surface area contributed by atoms with Crippen LogP contribution in [-0.2, 0) is 4.57 Å². The maximum atomic E-state index is 8.74. The van der Waals surface area contributed by atoms with Gasteiger partial charge in [-0.25, -0.2) is 0 Å². The van der Waals surface area contributed by atoms with Crippen molar-refractivity contribution in [3.63, 3.8) is 0 Å². The Morgan fingerprint density at radius 3 is 1.60 bits per heavy atom. The Balaban J connectivity index is -0.0000000450. The van der Waals surface area contributed by atoms with Crippen molar-refractivity contribution in [2.24, 2.45) is 0 Å². The summed E-state index contributed by atoms with van der Waals surface area (Å²) in [7, 11) is -3.13. The number of rotatable bonds is 0. The van der Waals surface area contributed by atoms with Gasteiger partial charge in [-0.1, -0.05) is 0 Å². The molecule has 0 heterocycles. The molecule has 5 heavy (non-hydrogen) atoms. The molecule has 0 aliphatic rings. The molecule has 0 aliphatic heterocycles. The highest BCUT2D eigenvalue weighted by molar-refractivity contribution is 7.30. The Morgan fingerprint density at radius 2 is 1.60 bits per heavy atom. The molecule has 0 aromatic carbocycles. The molecule has 0 saturated carbocycles. The second kappa shape index (κ2) is 4.58. The Hall–Kier alpha value is 0.580. The van der Waals surface area contributed by atoms with E-state index in [4.69, 9.17) is 14.4 Å². The maximum absolute atomic E-state index is 8.74. The second-order valence-corrected chi connectivity index (χ2v) is 0.848. The molecule has 1 unspecified atom stereocenters. The Morgan fingerprint density at radius 1 is 1.60 bits per heavy atom. The summed E-state index contributed by atoms with van der Waals surface area (Å²) in [6.07, 6.45) is 0. The molecule has 34 valence electrons. The lowest BCUT2D eigenvalue weighted by atomic mass is 15.8. The van der Waals surface area contributed by atoms with Gasteiger partial charge in [-0.2, -0.15) is 9.90 Å². The molecule has 0 aromatic rings.